The number of hydrogen-bond donors (Lipinski definition) is 1. The highest BCUT2D eigenvalue weighted by Gasteiger charge is 2.28. The third-order valence-corrected chi connectivity index (χ3v) is 3.69. The number of hydrogen-bond acceptors (Lipinski definition) is 1. The molecule has 0 unspecified atom stereocenters. The van der Waals surface area contributed by atoms with Crippen molar-refractivity contribution in [3.63, 3.8) is 0 Å². The van der Waals surface area contributed by atoms with Gasteiger partial charge in [0.1, 0.15) is 5.82 Å². The van der Waals surface area contributed by atoms with Crippen molar-refractivity contribution < 1.29 is 4.39 Å². The van der Waals surface area contributed by atoms with Crippen LogP contribution < -0.4 is 0 Å². The minimum atomic E-state index is -0.224. The van der Waals surface area contributed by atoms with E-state index in [1.165, 1.54) is 25.0 Å². The van der Waals surface area contributed by atoms with Crippen molar-refractivity contribution in [3.05, 3.63) is 28.8 Å². The molecule has 1 aromatic heterocycles. The highest BCUT2D eigenvalue weighted by atomic mass is 32.1. The van der Waals surface area contributed by atoms with Crippen LogP contribution in [0.3, 0.4) is 0 Å². The maximum atomic E-state index is 13.1. The number of H-pyrrole nitrogens is 1. The molecule has 0 spiro atoms. The third kappa shape index (κ3) is 1.40. The SMILES string of the molecule is CC1CC(n2c(=S)[nH]c3cc(F)ccc32)C1. The number of imidazole rings is 1. The number of halogens is 1. The lowest BCUT2D eigenvalue weighted by molar-refractivity contribution is 0.219. The van der Waals surface area contributed by atoms with Crippen molar-refractivity contribution in [3.8, 4) is 0 Å². The predicted molar refractivity (Wildman–Crippen MR) is 64.5 cm³/mol. The van der Waals surface area contributed by atoms with E-state index < -0.39 is 0 Å². The number of nitrogens with zero attached hydrogens (tertiary/aromatic N) is 1. The van der Waals surface area contributed by atoms with Gasteiger partial charge in [-0.3, -0.25) is 0 Å². The van der Waals surface area contributed by atoms with Crippen LogP contribution in [-0.2, 0) is 0 Å². The normalized spacial score (nSPS) is 24.6. The topological polar surface area (TPSA) is 20.7 Å². The summed E-state index contributed by atoms with van der Waals surface area (Å²) in [6.07, 6.45) is 2.33. The van der Waals surface area contributed by atoms with Gasteiger partial charge in [0.2, 0.25) is 0 Å². The molecule has 84 valence electrons. The summed E-state index contributed by atoms with van der Waals surface area (Å²) < 4.78 is 15.9. The van der Waals surface area contributed by atoms with Gasteiger partial charge < -0.3 is 9.55 Å². The molecule has 0 atom stereocenters. The Balaban J connectivity index is 2.17. The molecule has 1 heterocycles. The lowest BCUT2D eigenvalue weighted by atomic mass is 9.81. The summed E-state index contributed by atoms with van der Waals surface area (Å²) >= 11 is 5.30. The number of rotatable bonds is 1. The van der Waals surface area contributed by atoms with E-state index in [-0.39, 0.29) is 5.82 Å². The Morgan fingerprint density at radius 3 is 2.88 bits per heavy atom. The summed E-state index contributed by atoms with van der Waals surface area (Å²) in [6, 6.07) is 5.29. The zero-order chi connectivity index (χ0) is 11.3. The maximum absolute atomic E-state index is 13.1. The molecule has 1 aliphatic rings. The molecule has 1 saturated carbocycles. The largest absolute Gasteiger partial charge is 0.330 e. The van der Waals surface area contributed by atoms with E-state index >= 15 is 0 Å². The Bertz CT molecular complexity index is 593. The zero-order valence-electron chi connectivity index (χ0n) is 9.03. The number of nitrogens with one attached hydrogen (secondary N) is 1. The minimum absolute atomic E-state index is 0.224. The Kier molecular flexibility index (Phi) is 2.14. The molecule has 0 amide bonds. The van der Waals surface area contributed by atoms with Crippen molar-refractivity contribution in [2.75, 3.05) is 0 Å². The Morgan fingerprint density at radius 1 is 1.44 bits per heavy atom. The summed E-state index contributed by atoms with van der Waals surface area (Å²) in [5.41, 5.74) is 1.81. The molecule has 1 aliphatic carbocycles. The van der Waals surface area contributed by atoms with Crippen LogP contribution in [0.25, 0.3) is 11.0 Å². The summed E-state index contributed by atoms with van der Waals surface area (Å²) in [5.74, 6) is 0.551. The Morgan fingerprint density at radius 2 is 2.19 bits per heavy atom. The number of benzene rings is 1. The minimum Gasteiger partial charge on any atom is -0.330 e. The van der Waals surface area contributed by atoms with Crippen molar-refractivity contribution >= 4 is 23.3 Å². The molecule has 0 radical (unpaired) electrons. The van der Waals surface area contributed by atoms with Gasteiger partial charge >= 0.3 is 0 Å². The monoisotopic (exact) mass is 236 g/mol. The van der Waals surface area contributed by atoms with Crippen LogP contribution in [0.4, 0.5) is 4.39 Å². The van der Waals surface area contributed by atoms with E-state index in [1.54, 1.807) is 6.07 Å². The van der Waals surface area contributed by atoms with Crippen LogP contribution in [0, 0.1) is 16.5 Å². The lowest BCUT2D eigenvalue weighted by Gasteiger charge is -2.34. The van der Waals surface area contributed by atoms with Crippen LogP contribution in [0.15, 0.2) is 18.2 Å². The Labute approximate surface area is 98.1 Å². The van der Waals surface area contributed by atoms with Crippen LogP contribution >= 0.6 is 12.2 Å². The van der Waals surface area contributed by atoms with Gasteiger partial charge in [-0.05, 0) is 49.2 Å². The molecule has 1 N–H and O–H groups in total. The van der Waals surface area contributed by atoms with Gasteiger partial charge in [-0.25, -0.2) is 4.39 Å². The summed E-state index contributed by atoms with van der Waals surface area (Å²) in [6.45, 7) is 2.24. The molecule has 2 nitrogen and oxygen atoms in total. The second-order valence-electron chi connectivity index (χ2n) is 4.69. The molecule has 16 heavy (non-hydrogen) atoms. The van der Waals surface area contributed by atoms with Crippen LogP contribution in [0.5, 0.6) is 0 Å². The molecule has 1 aromatic carbocycles. The van der Waals surface area contributed by atoms with Gasteiger partial charge in [0, 0.05) is 6.04 Å². The number of fused-ring (bicyclic) bond motifs is 1. The predicted octanol–water partition coefficient (Wildman–Crippen LogP) is 3.81. The standard InChI is InChI=1S/C12H13FN2S/c1-7-4-9(5-7)15-11-3-2-8(13)6-10(11)14-12(15)16/h2-3,6-7,9H,4-5H2,1H3,(H,14,16). The first-order chi connectivity index (χ1) is 7.65. The van der Waals surface area contributed by atoms with Gasteiger partial charge in [-0.1, -0.05) is 6.92 Å². The fourth-order valence-electron chi connectivity index (χ4n) is 2.54. The van der Waals surface area contributed by atoms with Gasteiger partial charge in [-0.2, -0.15) is 0 Å². The van der Waals surface area contributed by atoms with E-state index in [1.807, 2.05) is 0 Å². The van der Waals surface area contributed by atoms with Crippen molar-refractivity contribution in [1.29, 1.82) is 0 Å². The van der Waals surface area contributed by atoms with Crippen LogP contribution in [0.1, 0.15) is 25.8 Å². The molecular weight excluding hydrogens is 223 g/mol. The summed E-state index contributed by atoms with van der Waals surface area (Å²) in [5, 5.41) is 0. The molecule has 0 aliphatic heterocycles. The second-order valence-corrected chi connectivity index (χ2v) is 5.08. The molecule has 1 fully saturated rings. The highest BCUT2D eigenvalue weighted by Crippen LogP contribution is 2.39. The zero-order valence-corrected chi connectivity index (χ0v) is 9.85. The highest BCUT2D eigenvalue weighted by molar-refractivity contribution is 7.71. The van der Waals surface area contributed by atoms with Gasteiger partial charge in [0.25, 0.3) is 0 Å². The smallest absolute Gasteiger partial charge is 0.178 e. The number of aromatic amines is 1. The summed E-state index contributed by atoms with van der Waals surface area (Å²) in [7, 11) is 0. The molecule has 0 bridgehead atoms. The molecule has 3 rings (SSSR count). The molecule has 4 heteroatoms. The first-order valence-corrected chi connectivity index (χ1v) is 5.96. The maximum Gasteiger partial charge on any atom is 0.178 e. The van der Waals surface area contributed by atoms with E-state index in [9.17, 15) is 4.39 Å². The summed E-state index contributed by atoms with van der Waals surface area (Å²) in [4.78, 5) is 3.07. The van der Waals surface area contributed by atoms with E-state index in [2.05, 4.69) is 16.5 Å². The third-order valence-electron chi connectivity index (χ3n) is 3.39. The lowest BCUT2D eigenvalue weighted by Crippen LogP contribution is -2.24. The van der Waals surface area contributed by atoms with Crippen molar-refractivity contribution in [1.82, 2.24) is 9.55 Å². The van der Waals surface area contributed by atoms with E-state index in [0.717, 1.165) is 17.0 Å². The molecule has 0 saturated heterocycles. The van der Waals surface area contributed by atoms with E-state index in [0.29, 0.717) is 10.8 Å². The quantitative estimate of drug-likeness (QED) is 0.747. The molecular formula is C12H13FN2S. The second kappa shape index (κ2) is 3.42. The first kappa shape index (κ1) is 10.0. The average molecular weight is 236 g/mol. The van der Waals surface area contributed by atoms with Gasteiger partial charge in [-0.15, -0.1) is 0 Å². The van der Waals surface area contributed by atoms with Gasteiger partial charge in [0.05, 0.1) is 11.0 Å². The van der Waals surface area contributed by atoms with Crippen molar-refractivity contribution in [2.24, 2.45) is 5.92 Å². The first-order valence-electron chi connectivity index (χ1n) is 5.55. The fourth-order valence-corrected chi connectivity index (χ4v) is 2.89. The van der Waals surface area contributed by atoms with Crippen LogP contribution in [-0.4, -0.2) is 9.55 Å². The number of aromatic nitrogens is 2. The average Bonchev–Trinajstić information content (AvgIpc) is 2.48. The van der Waals surface area contributed by atoms with Gasteiger partial charge in [0.15, 0.2) is 4.77 Å². The Hall–Kier alpha value is -1.16. The van der Waals surface area contributed by atoms with Crippen LogP contribution in [0.2, 0.25) is 0 Å². The van der Waals surface area contributed by atoms with E-state index in [4.69, 9.17) is 12.2 Å². The molecule has 2 aromatic rings. The fraction of sp³-hybridized carbons (Fsp3) is 0.417. The van der Waals surface area contributed by atoms with Crippen molar-refractivity contribution in [2.45, 2.75) is 25.8 Å².